The summed E-state index contributed by atoms with van der Waals surface area (Å²) in [6.07, 6.45) is 1.86. The first-order chi connectivity index (χ1) is 6.17. The maximum atomic E-state index is 10.9. The number of rotatable bonds is 3. The van der Waals surface area contributed by atoms with E-state index in [1.165, 1.54) is 16.6 Å². The molecule has 0 spiro atoms. The van der Waals surface area contributed by atoms with Crippen molar-refractivity contribution in [1.29, 1.82) is 0 Å². The van der Waals surface area contributed by atoms with Crippen LogP contribution in [0.15, 0.2) is 5.16 Å². The van der Waals surface area contributed by atoms with Gasteiger partial charge in [-0.25, -0.2) is 10.4 Å². The van der Waals surface area contributed by atoms with E-state index in [2.05, 4.69) is 15.5 Å². The summed E-state index contributed by atoms with van der Waals surface area (Å²) < 4.78 is 0. The van der Waals surface area contributed by atoms with E-state index in [0.29, 0.717) is 11.0 Å². The number of amides is 1. The van der Waals surface area contributed by atoms with E-state index in [1.54, 1.807) is 6.92 Å². The molecule has 0 fully saturated rings. The van der Waals surface area contributed by atoms with Crippen molar-refractivity contribution < 1.29 is 4.79 Å². The lowest BCUT2D eigenvalue weighted by Crippen LogP contribution is -2.30. The number of hydrogen-bond donors (Lipinski definition) is 2. The number of thioether (sulfide) groups is 1. The molecule has 0 saturated heterocycles. The van der Waals surface area contributed by atoms with Gasteiger partial charge in [0.25, 0.3) is 5.91 Å². The Morgan fingerprint density at radius 3 is 3.00 bits per heavy atom. The molecule has 0 radical (unpaired) electrons. The van der Waals surface area contributed by atoms with Crippen LogP contribution in [0.25, 0.3) is 0 Å². The number of nitrogens with zero attached hydrogens (tertiary/aromatic N) is 3. The van der Waals surface area contributed by atoms with Crippen LogP contribution in [0, 0.1) is 6.92 Å². The topological polar surface area (TPSA) is 85.8 Å². The Morgan fingerprint density at radius 2 is 2.46 bits per heavy atom. The van der Waals surface area contributed by atoms with Crippen molar-refractivity contribution in [3.05, 3.63) is 5.82 Å². The van der Waals surface area contributed by atoms with E-state index in [4.69, 9.17) is 5.73 Å². The maximum absolute atomic E-state index is 10.9. The Labute approximate surface area is 79.9 Å². The van der Waals surface area contributed by atoms with Crippen LogP contribution in [0.2, 0.25) is 0 Å². The highest BCUT2D eigenvalue weighted by molar-refractivity contribution is 7.98. The zero-order valence-corrected chi connectivity index (χ0v) is 8.26. The minimum atomic E-state index is -0.291. The van der Waals surface area contributed by atoms with Crippen molar-refractivity contribution in [3.63, 3.8) is 0 Å². The molecule has 0 saturated carbocycles. The maximum Gasteiger partial charge on any atom is 0.253 e. The molecule has 0 bridgehead atoms. The molecule has 0 aliphatic carbocycles. The fourth-order valence-electron chi connectivity index (χ4n) is 0.764. The highest BCUT2D eigenvalue weighted by Gasteiger charge is 2.07. The Hall–Kier alpha value is -1.08. The van der Waals surface area contributed by atoms with Gasteiger partial charge in [0.1, 0.15) is 0 Å². The number of aryl methyl sites for hydroxylation is 1. The summed E-state index contributed by atoms with van der Waals surface area (Å²) in [5, 5.41) is 4.60. The SMILES string of the molecule is CSc1nc(C)nn1NC(=O)CN. The summed E-state index contributed by atoms with van der Waals surface area (Å²) in [5.74, 6) is 0.321. The van der Waals surface area contributed by atoms with Crippen LogP contribution >= 0.6 is 11.8 Å². The van der Waals surface area contributed by atoms with Crippen LogP contribution < -0.4 is 11.2 Å². The number of carbonyl (C=O) groups is 1. The third-order valence-electron chi connectivity index (χ3n) is 1.28. The average Bonchev–Trinajstić information content (AvgIpc) is 2.46. The van der Waals surface area contributed by atoms with E-state index >= 15 is 0 Å². The van der Waals surface area contributed by atoms with Gasteiger partial charge < -0.3 is 5.73 Å². The largest absolute Gasteiger partial charge is 0.322 e. The molecule has 1 heterocycles. The van der Waals surface area contributed by atoms with Crippen LogP contribution in [0.5, 0.6) is 0 Å². The minimum Gasteiger partial charge on any atom is -0.322 e. The molecule has 72 valence electrons. The fraction of sp³-hybridized carbons (Fsp3) is 0.500. The van der Waals surface area contributed by atoms with E-state index in [-0.39, 0.29) is 12.5 Å². The summed E-state index contributed by atoms with van der Waals surface area (Å²) in [7, 11) is 0. The second kappa shape index (κ2) is 4.24. The minimum absolute atomic E-state index is 0.0628. The summed E-state index contributed by atoms with van der Waals surface area (Å²) in [6.45, 7) is 1.69. The lowest BCUT2D eigenvalue weighted by molar-refractivity contribution is -0.116. The molecule has 1 amide bonds. The Bertz CT molecular complexity index is 310. The molecule has 7 heteroatoms. The Morgan fingerprint density at radius 1 is 1.77 bits per heavy atom. The highest BCUT2D eigenvalue weighted by atomic mass is 32.2. The van der Waals surface area contributed by atoms with Crippen molar-refractivity contribution >= 4 is 17.7 Å². The van der Waals surface area contributed by atoms with Gasteiger partial charge in [0, 0.05) is 0 Å². The van der Waals surface area contributed by atoms with E-state index in [0.717, 1.165) is 0 Å². The number of hydrogen-bond acceptors (Lipinski definition) is 5. The quantitative estimate of drug-likeness (QED) is 0.634. The molecule has 1 aromatic heterocycles. The van der Waals surface area contributed by atoms with Crippen molar-refractivity contribution in [1.82, 2.24) is 14.9 Å². The summed E-state index contributed by atoms with van der Waals surface area (Å²) in [6, 6.07) is 0. The van der Waals surface area contributed by atoms with Crippen LogP contribution in [-0.2, 0) is 4.79 Å². The monoisotopic (exact) mass is 201 g/mol. The fourth-order valence-corrected chi connectivity index (χ4v) is 1.25. The van der Waals surface area contributed by atoms with Crippen LogP contribution in [0.1, 0.15) is 5.82 Å². The lowest BCUT2D eigenvalue weighted by atomic mass is 10.6. The molecule has 6 nitrogen and oxygen atoms in total. The van der Waals surface area contributed by atoms with Gasteiger partial charge in [-0.1, -0.05) is 11.8 Å². The smallest absolute Gasteiger partial charge is 0.253 e. The summed E-state index contributed by atoms with van der Waals surface area (Å²) in [4.78, 5) is 16.3. The molecule has 0 aliphatic heterocycles. The van der Waals surface area contributed by atoms with Gasteiger partial charge in [-0.15, -0.1) is 9.89 Å². The van der Waals surface area contributed by atoms with Gasteiger partial charge in [0.15, 0.2) is 5.82 Å². The number of carbonyl (C=O) groups excluding carboxylic acids is 1. The predicted octanol–water partition coefficient (Wildman–Crippen LogP) is -0.663. The third-order valence-corrected chi connectivity index (χ3v) is 1.91. The molecular weight excluding hydrogens is 190 g/mol. The normalized spacial score (nSPS) is 10.1. The van der Waals surface area contributed by atoms with E-state index in [1.807, 2.05) is 6.26 Å². The van der Waals surface area contributed by atoms with Crippen LogP contribution in [-0.4, -0.2) is 33.6 Å². The Balaban J connectivity index is 2.80. The molecule has 0 unspecified atom stereocenters. The second-order valence-electron chi connectivity index (χ2n) is 2.30. The standard InChI is InChI=1S/C6H11N5OS/c1-4-8-6(13-2)11(9-4)10-5(12)3-7/h3,7H2,1-2H3,(H,10,12). The van der Waals surface area contributed by atoms with E-state index < -0.39 is 0 Å². The Kier molecular flexibility index (Phi) is 3.26. The highest BCUT2D eigenvalue weighted by Crippen LogP contribution is 2.09. The van der Waals surface area contributed by atoms with Crippen LogP contribution in [0.3, 0.4) is 0 Å². The van der Waals surface area contributed by atoms with Crippen molar-refractivity contribution in [2.75, 3.05) is 18.2 Å². The molecule has 0 aromatic carbocycles. The van der Waals surface area contributed by atoms with Crippen molar-refractivity contribution in [2.45, 2.75) is 12.1 Å². The van der Waals surface area contributed by atoms with Gasteiger partial charge in [0.2, 0.25) is 5.16 Å². The molecule has 1 rings (SSSR count). The average molecular weight is 201 g/mol. The van der Waals surface area contributed by atoms with Crippen LogP contribution in [0.4, 0.5) is 0 Å². The molecule has 1 aromatic rings. The first-order valence-corrected chi connectivity index (χ1v) is 4.87. The zero-order valence-electron chi connectivity index (χ0n) is 7.44. The predicted molar refractivity (Wildman–Crippen MR) is 50.0 cm³/mol. The number of nitrogens with two attached hydrogens (primary N) is 1. The summed E-state index contributed by atoms with van der Waals surface area (Å²) in [5.41, 5.74) is 7.63. The van der Waals surface area contributed by atoms with E-state index in [9.17, 15) is 4.79 Å². The molecule has 0 atom stereocenters. The summed E-state index contributed by atoms with van der Waals surface area (Å²) >= 11 is 1.40. The zero-order chi connectivity index (χ0) is 9.84. The van der Waals surface area contributed by atoms with Gasteiger partial charge >= 0.3 is 0 Å². The molecule has 0 aliphatic rings. The second-order valence-corrected chi connectivity index (χ2v) is 3.07. The van der Waals surface area contributed by atoms with Gasteiger partial charge in [-0.3, -0.25) is 4.79 Å². The third kappa shape index (κ3) is 2.43. The number of nitrogens with one attached hydrogen (secondary N) is 1. The van der Waals surface area contributed by atoms with Crippen molar-refractivity contribution in [3.8, 4) is 0 Å². The molecular formula is C6H11N5OS. The lowest BCUT2D eigenvalue weighted by Gasteiger charge is -2.03. The molecule has 3 N–H and O–H groups in total. The number of aromatic nitrogens is 3. The van der Waals surface area contributed by atoms with Gasteiger partial charge in [-0.05, 0) is 13.2 Å². The first-order valence-electron chi connectivity index (χ1n) is 3.65. The molecule has 13 heavy (non-hydrogen) atoms. The first kappa shape index (κ1) is 10.0. The van der Waals surface area contributed by atoms with Gasteiger partial charge in [-0.2, -0.15) is 0 Å². The van der Waals surface area contributed by atoms with Gasteiger partial charge in [0.05, 0.1) is 6.54 Å². The van der Waals surface area contributed by atoms with Crippen molar-refractivity contribution in [2.24, 2.45) is 5.73 Å².